The Hall–Kier alpha value is -2.98. The number of rotatable bonds is 2. The minimum absolute atomic E-state index is 0.123. The van der Waals surface area contributed by atoms with Crippen molar-refractivity contribution in [1.82, 2.24) is 0 Å². The molecule has 0 saturated heterocycles. The molecule has 0 amide bonds. The molecule has 0 N–H and O–H groups in total. The van der Waals surface area contributed by atoms with Crippen LogP contribution < -0.4 is 5.46 Å². The molecule has 0 heterocycles. The maximum absolute atomic E-state index is 6.29. The predicted molar refractivity (Wildman–Crippen MR) is 129 cm³/mol. The first-order valence-corrected chi connectivity index (χ1v) is 11.0. The van der Waals surface area contributed by atoms with Crippen molar-refractivity contribution < 1.29 is 0 Å². The van der Waals surface area contributed by atoms with Crippen LogP contribution in [0.5, 0.6) is 0 Å². The Morgan fingerprint density at radius 3 is 2.53 bits per heavy atom. The number of benzene rings is 3. The molecule has 0 unspecified atom stereocenters. The van der Waals surface area contributed by atoms with Crippen LogP contribution in [0.4, 0.5) is 0 Å². The molecule has 0 bridgehead atoms. The van der Waals surface area contributed by atoms with Crippen molar-refractivity contribution in [1.29, 1.82) is 0 Å². The van der Waals surface area contributed by atoms with Crippen LogP contribution in [0.2, 0.25) is 0 Å². The van der Waals surface area contributed by atoms with Gasteiger partial charge >= 0.3 is 0 Å². The van der Waals surface area contributed by atoms with Crippen molar-refractivity contribution in [2.45, 2.75) is 44.9 Å². The molecule has 0 spiro atoms. The zero-order chi connectivity index (χ0) is 20.7. The molecule has 2 aliphatic rings. The van der Waals surface area contributed by atoms with E-state index in [2.05, 4.69) is 74.2 Å². The van der Waals surface area contributed by atoms with Crippen LogP contribution >= 0.6 is 0 Å². The fourth-order valence-electron chi connectivity index (χ4n) is 5.36. The van der Waals surface area contributed by atoms with E-state index in [0.717, 1.165) is 47.7 Å². The van der Waals surface area contributed by atoms with Gasteiger partial charge in [-0.25, -0.2) is 0 Å². The van der Waals surface area contributed by atoms with E-state index in [-0.39, 0.29) is 5.41 Å². The van der Waals surface area contributed by atoms with E-state index in [4.69, 9.17) is 7.85 Å². The number of hydrogen-bond acceptors (Lipinski definition) is 0. The second kappa shape index (κ2) is 7.37. The third-order valence-electron chi connectivity index (χ3n) is 6.99. The van der Waals surface area contributed by atoms with Gasteiger partial charge in [0.15, 0.2) is 0 Å². The first-order chi connectivity index (χ1) is 14.7. The summed E-state index contributed by atoms with van der Waals surface area (Å²) >= 11 is 0. The largest absolute Gasteiger partial charge is 0.115 e. The molecule has 3 aromatic carbocycles. The van der Waals surface area contributed by atoms with E-state index in [9.17, 15) is 0 Å². The van der Waals surface area contributed by atoms with Gasteiger partial charge in [-0.05, 0) is 70.9 Å². The van der Waals surface area contributed by atoms with Crippen LogP contribution in [0.1, 0.15) is 61.8 Å². The lowest BCUT2D eigenvalue weighted by Crippen LogP contribution is -2.23. The lowest BCUT2D eigenvalue weighted by atomic mass is 9.72. The summed E-state index contributed by atoms with van der Waals surface area (Å²) in [5, 5.41) is 2.29. The fourth-order valence-corrected chi connectivity index (χ4v) is 5.36. The van der Waals surface area contributed by atoms with Crippen LogP contribution in [-0.4, -0.2) is 7.85 Å². The van der Waals surface area contributed by atoms with E-state index >= 15 is 0 Å². The summed E-state index contributed by atoms with van der Waals surface area (Å²) in [5.74, 6) is 6.81. The van der Waals surface area contributed by atoms with Crippen LogP contribution in [-0.2, 0) is 5.41 Å². The van der Waals surface area contributed by atoms with Crippen molar-refractivity contribution in [2.24, 2.45) is 0 Å². The number of fused-ring (bicyclic) bond motifs is 4. The molecule has 0 aliphatic heterocycles. The molecule has 2 aliphatic carbocycles. The normalized spacial score (nSPS) is 16.2. The Balaban J connectivity index is 1.64. The Bertz CT molecular complexity index is 1270. The van der Waals surface area contributed by atoms with Crippen LogP contribution in [0.3, 0.4) is 0 Å². The zero-order valence-electron chi connectivity index (χ0n) is 17.8. The molecular weight excluding hydrogens is 359 g/mol. The first-order valence-electron chi connectivity index (χ1n) is 11.0. The lowest BCUT2D eigenvalue weighted by Gasteiger charge is -2.31. The molecule has 0 saturated carbocycles. The Kier molecular flexibility index (Phi) is 4.67. The highest BCUT2D eigenvalue weighted by molar-refractivity contribution is 6.35. The second-order valence-corrected chi connectivity index (χ2v) is 8.36. The molecule has 5 rings (SSSR count). The smallest absolute Gasteiger partial charge is 0.0807 e. The maximum Gasteiger partial charge on any atom is 0.115 e. The van der Waals surface area contributed by atoms with Gasteiger partial charge in [0, 0.05) is 16.5 Å². The van der Waals surface area contributed by atoms with Gasteiger partial charge in [-0.3, -0.25) is 0 Å². The first kappa shape index (κ1) is 19.0. The minimum atomic E-state index is 0.123. The summed E-state index contributed by atoms with van der Waals surface area (Å²) in [6.07, 6.45) is 9.44. The summed E-state index contributed by atoms with van der Waals surface area (Å²) in [6, 6.07) is 19.1. The van der Waals surface area contributed by atoms with Gasteiger partial charge in [-0.2, -0.15) is 0 Å². The van der Waals surface area contributed by atoms with E-state index in [1.54, 1.807) is 0 Å². The highest BCUT2D eigenvalue weighted by atomic mass is 14.5. The third-order valence-corrected chi connectivity index (χ3v) is 6.99. The Morgan fingerprint density at radius 1 is 0.900 bits per heavy atom. The average molecular weight is 384 g/mol. The minimum Gasteiger partial charge on any atom is -0.0807 e. The van der Waals surface area contributed by atoms with Gasteiger partial charge in [0.05, 0.1) is 0 Å². The van der Waals surface area contributed by atoms with E-state index in [1.807, 2.05) is 18.2 Å². The van der Waals surface area contributed by atoms with Crippen molar-refractivity contribution >= 4 is 29.7 Å². The average Bonchev–Trinajstić information content (AvgIpc) is 3.08. The predicted octanol–water partition coefficient (Wildman–Crippen LogP) is 6.21. The van der Waals surface area contributed by atoms with Crippen LogP contribution in [0.15, 0.2) is 72.3 Å². The number of allylic oxidation sites excluding steroid dienone is 4. The lowest BCUT2D eigenvalue weighted by molar-refractivity contribution is 0.488. The second-order valence-electron chi connectivity index (χ2n) is 8.36. The molecule has 30 heavy (non-hydrogen) atoms. The summed E-state index contributed by atoms with van der Waals surface area (Å²) in [5.41, 5.74) is 8.69. The summed E-state index contributed by atoms with van der Waals surface area (Å²) in [6.45, 7) is 4.64. The highest BCUT2D eigenvalue weighted by Crippen LogP contribution is 2.55. The molecule has 0 aromatic heterocycles. The van der Waals surface area contributed by atoms with E-state index < -0.39 is 0 Å². The SMILES string of the molecule is [B]c1ccc2ccccc2c1C#Cc1ccc2c(c1)C(CC)(CC)C1=CCCC=C12. The molecule has 3 aromatic rings. The van der Waals surface area contributed by atoms with Crippen molar-refractivity contribution in [2.75, 3.05) is 0 Å². The monoisotopic (exact) mass is 384 g/mol. The van der Waals surface area contributed by atoms with E-state index in [0.29, 0.717) is 0 Å². The third kappa shape index (κ3) is 2.78. The molecule has 0 nitrogen and oxygen atoms in total. The summed E-state index contributed by atoms with van der Waals surface area (Å²) in [7, 11) is 6.29. The van der Waals surface area contributed by atoms with Crippen molar-refractivity contribution in [3.63, 3.8) is 0 Å². The summed E-state index contributed by atoms with van der Waals surface area (Å²) < 4.78 is 0. The quantitative estimate of drug-likeness (QED) is 0.364. The zero-order valence-corrected chi connectivity index (χ0v) is 17.8. The van der Waals surface area contributed by atoms with Gasteiger partial charge in [0.2, 0.25) is 0 Å². The van der Waals surface area contributed by atoms with E-state index in [1.165, 1.54) is 27.7 Å². The molecule has 1 heteroatoms. The molecule has 0 atom stereocenters. The topological polar surface area (TPSA) is 0 Å². The Morgan fingerprint density at radius 2 is 1.70 bits per heavy atom. The number of hydrogen-bond donors (Lipinski definition) is 0. The summed E-state index contributed by atoms with van der Waals surface area (Å²) in [4.78, 5) is 0. The van der Waals surface area contributed by atoms with Crippen molar-refractivity contribution in [3.8, 4) is 11.8 Å². The van der Waals surface area contributed by atoms with Crippen LogP contribution in [0, 0.1) is 11.8 Å². The highest BCUT2D eigenvalue weighted by Gasteiger charge is 2.43. The van der Waals surface area contributed by atoms with Crippen LogP contribution in [0.25, 0.3) is 16.3 Å². The Labute approximate surface area is 181 Å². The fraction of sp³-hybridized carbons (Fsp3) is 0.241. The standard InChI is InChI=1S/C29H25B/c1-3-29(4-2)26-12-8-7-11-23(26)24-16-13-20(19-27(24)29)14-17-25-22-10-6-5-9-21(22)15-18-28(25)30/h5-6,9-13,15-16,18-19H,3-4,7-8H2,1-2H3. The molecule has 144 valence electrons. The van der Waals surface area contributed by atoms with Crippen molar-refractivity contribution in [3.05, 3.63) is 94.6 Å². The van der Waals surface area contributed by atoms with Gasteiger partial charge < -0.3 is 0 Å². The molecular formula is C29H25B. The molecule has 2 radical (unpaired) electrons. The van der Waals surface area contributed by atoms with Gasteiger partial charge in [0.25, 0.3) is 0 Å². The maximum atomic E-state index is 6.29. The van der Waals surface area contributed by atoms with Gasteiger partial charge in [-0.15, -0.1) is 0 Å². The van der Waals surface area contributed by atoms with Gasteiger partial charge in [-0.1, -0.05) is 85.8 Å². The van der Waals surface area contributed by atoms with Gasteiger partial charge in [0.1, 0.15) is 7.85 Å². The molecule has 0 fully saturated rings.